The maximum absolute atomic E-state index is 10.9. The van der Waals surface area contributed by atoms with Crippen LogP contribution < -0.4 is 4.74 Å². The Morgan fingerprint density at radius 1 is 1.33 bits per heavy atom. The third kappa shape index (κ3) is 3.58. The summed E-state index contributed by atoms with van der Waals surface area (Å²) < 4.78 is 5.28. The average Bonchev–Trinajstić information content (AvgIpc) is 2.48. The molecule has 1 N–H and O–H groups in total. The highest BCUT2D eigenvalue weighted by atomic mass is 16.5. The van der Waals surface area contributed by atoms with Gasteiger partial charge in [-0.05, 0) is 63.4 Å². The van der Waals surface area contributed by atoms with Crippen molar-refractivity contribution in [2.45, 2.75) is 50.7 Å². The van der Waals surface area contributed by atoms with Gasteiger partial charge in [0.15, 0.2) is 0 Å². The van der Waals surface area contributed by atoms with Crippen LogP contribution >= 0.6 is 0 Å². The van der Waals surface area contributed by atoms with E-state index in [0.717, 1.165) is 30.1 Å². The Balaban J connectivity index is 2.13. The van der Waals surface area contributed by atoms with Gasteiger partial charge in [-0.25, -0.2) is 0 Å². The summed E-state index contributed by atoms with van der Waals surface area (Å²) in [4.78, 5) is 2.24. The number of benzene rings is 1. The molecular formula is C18H29NO2. The number of hydrogen-bond acceptors (Lipinski definition) is 3. The van der Waals surface area contributed by atoms with Crippen LogP contribution in [0.2, 0.25) is 0 Å². The van der Waals surface area contributed by atoms with E-state index in [0.29, 0.717) is 6.42 Å². The number of likely N-dealkylation sites (N-methyl/N-ethyl adjacent to an activating group) is 1. The molecule has 2 rings (SSSR count). The molecule has 21 heavy (non-hydrogen) atoms. The lowest BCUT2D eigenvalue weighted by molar-refractivity contribution is -0.0382. The van der Waals surface area contributed by atoms with Gasteiger partial charge in [0.25, 0.3) is 0 Å². The van der Waals surface area contributed by atoms with E-state index >= 15 is 0 Å². The molecule has 0 aromatic heterocycles. The van der Waals surface area contributed by atoms with Crippen molar-refractivity contribution in [2.75, 3.05) is 21.2 Å². The van der Waals surface area contributed by atoms with Gasteiger partial charge in [0.1, 0.15) is 5.75 Å². The highest BCUT2D eigenvalue weighted by Gasteiger charge is 2.42. The fourth-order valence-corrected chi connectivity index (χ4v) is 3.55. The molecule has 0 saturated heterocycles. The van der Waals surface area contributed by atoms with Crippen LogP contribution in [0.15, 0.2) is 24.3 Å². The largest absolute Gasteiger partial charge is 0.497 e. The minimum Gasteiger partial charge on any atom is -0.497 e. The second-order valence-electron chi connectivity index (χ2n) is 6.75. The lowest BCUT2D eigenvalue weighted by atomic mass is 9.72. The first kappa shape index (κ1) is 16.3. The van der Waals surface area contributed by atoms with Crippen LogP contribution in [0, 0.1) is 5.92 Å². The molecule has 1 saturated carbocycles. The topological polar surface area (TPSA) is 32.7 Å². The number of aliphatic hydroxyl groups is 1. The maximum atomic E-state index is 10.9. The summed E-state index contributed by atoms with van der Waals surface area (Å²) in [7, 11) is 5.88. The molecule has 0 radical (unpaired) electrons. The first-order valence-electron chi connectivity index (χ1n) is 7.96. The van der Waals surface area contributed by atoms with E-state index in [1.807, 2.05) is 18.2 Å². The molecule has 0 bridgehead atoms. The van der Waals surface area contributed by atoms with Crippen LogP contribution in [-0.2, 0) is 6.42 Å². The van der Waals surface area contributed by atoms with Crippen molar-refractivity contribution in [3.05, 3.63) is 29.8 Å². The zero-order chi connectivity index (χ0) is 15.5. The summed E-state index contributed by atoms with van der Waals surface area (Å²) in [6, 6.07) is 8.03. The zero-order valence-corrected chi connectivity index (χ0v) is 13.8. The maximum Gasteiger partial charge on any atom is 0.119 e. The Bertz CT molecular complexity index is 450. The molecule has 0 spiro atoms. The van der Waals surface area contributed by atoms with Crippen molar-refractivity contribution < 1.29 is 9.84 Å². The molecule has 3 heteroatoms. The Kier molecular flexibility index (Phi) is 5.28. The number of rotatable bonds is 5. The van der Waals surface area contributed by atoms with Crippen LogP contribution in [0.25, 0.3) is 0 Å². The lowest BCUT2D eigenvalue weighted by Gasteiger charge is -2.47. The predicted molar refractivity (Wildman–Crippen MR) is 86.8 cm³/mol. The standard InChI is InChI=1S/C18H29NO2/c1-14-8-10-18(11-9-14,19(2)3)17(20)13-15-6-5-7-16(12-15)21-4/h5-7,12,14,17,20H,8-11,13H2,1-4H3. The molecule has 118 valence electrons. The van der Waals surface area contributed by atoms with Crippen LogP contribution in [-0.4, -0.2) is 42.9 Å². The smallest absolute Gasteiger partial charge is 0.119 e. The van der Waals surface area contributed by atoms with Gasteiger partial charge in [-0.15, -0.1) is 0 Å². The normalized spacial score (nSPS) is 27.6. The number of ether oxygens (including phenoxy) is 1. The third-order valence-electron chi connectivity index (χ3n) is 5.21. The van der Waals surface area contributed by atoms with Gasteiger partial charge in [0.2, 0.25) is 0 Å². The third-order valence-corrected chi connectivity index (χ3v) is 5.21. The van der Waals surface area contributed by atoms with Gasteiger partial charge >= 0.3 is 0 Å². The number of aliphatic hydroxyl groups excluding tert-OH is 1. The van der Waals surface area contributed by atoms with Gasteiger partial charge in [-0.1, -0.05) is 19.1 Å². The van der Waals surface area contributed by atoms with Crippen LogP contribution in [0.3, 0.4) is 0 Å². The summed E-state index contributed by atoms with van der Waals surface area (Å²) in [5.41, 5.74) is 1.05. The SMILES string of the molecule is COc1cccc(CC(O)C2(N(C)C)CCC(C)CC2)c1. The van der Waals surface area contributed by atoms with Crippen LogP contribution in [0.5, 0.6) is 5.75 Å². The first-order chi connectivity index (χ1) is 9.98. The summed E-state index contributed by atoms with van der Waals surface area (Å²) in [6.07, 6.45) is 4.90. The van der Waals surface area contributed by atoms with Crippen molar-refractivity contribution in [1.82, 2.24) is 4.90 Å². The molecule has 1 aliphatic rings. The molecule has 1 atom stereocenters. The minimum atomic E-state index is -0.341. The van der Waals surface area contributed by atoms with Crippen molar-refractivity contribution in [1.29, 1.82) is 0 Å². The molecule has 1 fully saturated rings. The van der Waals surface area contributed by atoms with Gasteiger partial charge in [-0.3, -0.25) is 0 Å². The molecule has 0 amide bonds. The molecular weight excluding hydrogens is 262 g/mol. The summed E-state index contributed by atoms with van der Waals surface area (Å²) in [5, 5.41) is 10.9. The number of nitrogens with zero attached hydrogens (tertiary/aromatic N) is 1. The quantitative estimate of drug-likeness (QED) is 0.905. The number of hydrogen-bond donors (Lipinski definition) is 1. The van der Waals surface area contributed by atoms with Crippen LogP contribution in [0.4, 0.5) is 0 Å². The van der Waals surface area contributed by atoms with Gasteiger partial charge in [-0.2, -0.15) is 0 Å². The highest BCUT2D eigenvalue weighted by molar-refractivity contribution is 5.29. The van der Waals surface area contributed by atoms with E-state index in [9.17, 15) is 5.11 Å². The van der Waals surface area contributed by atoms with Crippen molar-refractivity contribution in [3.8, 4) is 5.75 Å². The molecule has 3 nitrogen and oxygen atoms in total. The molecule has 1 aromatic carbocycles. The molecule has 1 aromatic rings. The van der Waals surface area contributed by atoms with Crippen molar-refractivity contribution in [2.24, 2.45) is 5.92 Å². The first-order valence-corrected chi connectivity index (χ1v) is 7.96. The fraction of sp³-hybridized carbons (Fsp3) is 0.667. The Morgan fingerprint density at radius 3 is 2.57 bits per heavy atom. The Morgan fingerprint density at radius 2 is 2.00 bits per heavy atom. The number of methoxy groups -OCH3 is 1. The summed E-state index contributed by atoms with van der Waals surface area (Å²) >= 11 is 0. The Hall–Kier alpha value is -1.06. The van der Waals surface area contributed by atoms with Crippen LogP contribution in [0.1, 0.15) is 38.2 Å². The van der Waals surface area contributed by atoms with E-state index in [4.69, 9.17) is 4.74 Å². The summed E-state index contributed by atoms with van der Waals surface area (Å²) in [6.45, 7) is 2.31. The monoisotopic (exact) mass is 291 g/mol. The second kappa shape index (κ2) is 6.80. The van der Waals surface area contributed by atoms with Gasteiger partial charge < -0.3 is 14.7 Å². The van der Waals surface area contributed by atoms with Gasteiger partial charge in [0, 0.05) is 12.0 Å². The molecule has 0 aliphatic heterocycles. The molecule has 0 heterocycles. The highest BCUT2D eigenvalue weighted by Crippen LogP contribution is 2.38. The van der Waals surface area contributed by atoms with E-state index in [-0.39, 0.29) is 11.6 Å². The molecule has 1 unspecified atom stereocenters. The van der Waals surface area contributed by atoms with E-state index < -0.39 is 0 Å². The van der Waals surface area contributed by atoms with E-state index in [1.165, 1.54) is 12.8 Å². The lowest BCUT2D eigenvalue weighted by Crippen LogP contribution is -2.56. The predicted octanol–water partition coefficient (Wildman–Crippen LogP) is 3.11. The average molecular weight is 291 g/mol. The molecule has 1 aliphatic carbocycles. The van der Waals surface area contributed by atoms with E-state index in [2.05, 4.69) is 32.0 Å². The Labute approximate surface area is 128 Å². The second-order valence-corrected chi connectivity index (χ2v) is 6.75. The minimum absolute atomic E-state index is 0.0877. The van der Waals surface area contributed by atoms with Gasteiger partial charge in [0.05, 0.1) is 13.2 Å². The van der Waals surface area contributed by atoms with E-state index in [1.54, 1.807) is 7.11 Å². The van der Waals surface area contributed by atoms with Crippen molar-refractivity contribution >= 4 is 0 Å². The fourth-order valence-electron chi connectivity index (χ4n) is 3.55. The zero-order valence-electron chi connectivity index (χ0n) is 13.8. The van der Waals surface area contributed by atoms with Crippen molar-refractivity contribution in [3.63, 3.8) is 0 Å². The summed E-state index contributed by atoms with van der Waals surface area (Å²) in [5.74, 6) is 1.64.